The van der Waals surface area contributed by atoms with Gasteiger partial charge in [0.25, 0.3) is 10.1 Å². The van der Waals surface area contributed by atoms with Crippen LogP contribution in [0.25, 0.3) is 0 Å². The lowest BCUT2D eigenvalue weighted by molar-refractivity contribution is -0.261. The molecule has 2 N–H and O–H groups in total. The number of nitrogens with one attached hydrogen (secondary N) is 1. The second-order valence-electron chi connectivity index (χ2n) is 6.99. The minimum atomic E-state index is -4.20. The Hall–Kier alpha value is -2.54. The molecule has 172 valence electrons. The topological polar surface area (TPSA) is 155 Å². The maximum Gasteiger partial charge on any atom is 0.303 e. The molecule has 0 radical (unpaired) electrons. The average Bonchev–Trinajstić information content (AvgIpc) is 2.65. The molecule has 2 rings (SSSR count). The van der Waals surface area contributed by atoms with Gasteiger partial charge >= 0.3 is 11.9 Å². The van der Waals surface area contributed by atoms with E-state index in [-0.39, 0.29) is 4.90 Å². The summed E-state index contributed by atoms with van der Waals surface area (Å²) in [4.78, 5) is 34.6. The molecule has 1 saturated heterocycles. The van der Waals surface area contributed by atoms with E-state index in [2.05, 4.69) is 5.32 Å². The standard InChI is InChI=1S/C19H25NO10S/c1-10-5-7-14(8-6-10)31(25,26)27-9-15-17(28-12(3)22)18(29-13(4)23)16(19(24)30-15)20-11(2)21/h5-8,15-19,24H,9H2,1-4H3,(H,20,21)/t15?,16?,17-,18-,19-/m1/s1. The summed E-state index contributed by atoms with van der Waals surface area (Å²) in [6, 6.07) is 4.63. The van der Waals surface area contributed by atoms with Crippen molar-refractivity contribution in [2.75, 3.05) is 6.61 Å². The maximum atomic E-state index is 12.5. The fourth-order valence-corrected chi connectivity index (χ4v) is 3.96. The van der Waals surface area contributed by atoms with Gasteiger partial charge in [-0.25, -0.2) is 0 Å². The van der Waals surface area contributed by atoms with Gasteiger partial charge in [-0.2, -0.15) is 8.42 Å². The van der Waals surface area contributed by atoms with Gasteiger partial charge in [-0.1, -0.05) is 17.7 Å². The van der Waals surface area contributed by atoms with E-state index in [1.807, 2.05) is 0 Å². The number of carbonyl (C=O) groups is 3. The quantitative estimate of drug-likeness (QED) is 0.413. The Morgan fingerprint density at radius 2 is 1.58 bits per heavy atom. The molecule has 0 spiro atoms. The number of aliphatic hydroxyl groups excluding tert-OH is 1. The first-order valence-electron chi connectivity index (χ1n) is 9.32. The van der Waals surface area contributed by atoms with Crippen LogP contribution in [0.1, 0.15) is 26.3 Å². The largest absolute Gasteiger partial charge is 0.456 e. The molecule has 0 bridgehead atoms. The lowest BCUT2D eigenvalue weighted by Gasteiger charge is -2.43. The third kappa shape index (κ3) is 6.72. The van der Waals surface area contributed by atoms with E-state index in [0.717, 1.165) is 19.4 Å². The number of amides is 1. The van der Waals surface area contributed by atoms with Gasteiger partial charge in [0.2, 0.25) is 5.91 Å². The molecule has 1 amide bonds. The second kappa shape index (κ2) is 10.2. The van der Waals surface area contributed by atoms with Crippen molar-refractivity contribution >= 4 is 28.0 Å². The van der Waals surface area contributed by atoms with Crippen LogP contribution >= 0.6 is 0 Å². The van der Waals surface area contributed by atoms with Crippen LogP contribution in [0.4, 0.5) is 0 Å². The van der Waals surface area contributed by atoms with Crippen LogP contribution in [0.3, 0.4) is 0 Å². The highest BCUT2D eigenvalue weighted by atomic mass is 32.2. The van der Waals surface area contributed by atoms with Crippen LogP contribution in [0.15, 0.2) is 29.2 Å². The van der Waals surface area contributed by atoms with E-state index in [1.165, 1.54) is 19.1 Å². The monoisotopic (exact) mass is 459 g/mol. The van der Waals surface area contributed by atoms with Gasteiger partial charge < -0.3 is 24.6 Å². The van der Waals surface area contributed by atoms with Crippen LogP contribution in [0.2, 0.25) is 0 Å². The van der Waals surface area contributed by atoms with Crippen LogP contribution in [0.5, 0.6) is 0 Å². The second-order valence-corrected chi connectivity index (χ2v) is 8.61. The molecule has 0 aliphatic carbocycles. The number of carbonyl (C=O) groups excluding carboxylic acids is 3. The van der Waals surface area contributed by atoms with Crippen LogP contribution in [-0.2, 0) is 42.9 Å². The van der Waals surface area contributed by atoms with E-state index < -0.39 is 65.2 Å². The summed E-state index contributed by atoms with van der Waals surface area (Å²) in [7, 11) is -4.20. The van der Waals surface area contributed by atoms with Crippen LogP contribution in [-0.4, -0.2) is 68.6 Å². The summed E-state index contributed by atoms with van der Waals surface area (Å²) < 4.78 is 45.7. The van der Waals surface area contributed by atoms with Crippen molar-refractivity contribution in [2.45, 2.75) is 63.2 Å². The SMILES string of the molecule is CC(=O)NC1[C@H](O)OC(COS(=O)(=O)c2ccc(C)cc2)[C@@H](OC(C)=O)[C@@H]1OC(C)=O. The molecule has 12 heteroatoms. The summed E-state index contributed by atoms with van der Waals surface area (Å²) in [5.41, 5.74) is 0.848. The molecule has 1 fully saturated rings. The van der Waals surface area contributed by atoms with Crippen molar-refractivity contribution in [3.63, 3.8) is 0 Å². The summed E-state index contributed by atoms with van der Waals surface area (Å²) >= 11 is 0. The van der Waals surface area contributed by atoms with Gasteiger partial charge in [0.1, 0.15) is 12.1 Å². The molecule has 11 nitrogen and oxygen atoms in total. The Morgan fingerprint density at radius 1 is 1.03 bits per heavy atom. The molecule has 1 aromatic rings. The summed E-state index contributed by atoms with van der Waals surface area (Å²) in [6.45, 7) is 4.48. The highest BCUT2D eigenvalue weighted by Crippen LogP contribution is 2.27. The summed E-state index contributed by atoms with van der Waals surface area (Å²) in [5.74, 6) is -2.13. The van der Waals surface area contributed by atoms with Gasteiger partial charge in [0, 0.05) is 20.8 Å². The number of aryl methyl sites for hydroxylation is 1. The lowest BCUT2D eigenvalue weighted by atomic mass is 9.96. The van der Waals surface area contributed by atoms with Crippen molar-refractivity contribution in [1.82, 2.24) is 5.32 Å². The highest BCUT2D eigenvalue weighted by Gasteiger charge is 2.50. The van der Waals surface area contributed by atoms with E-state index in [4.69, 9.17) is 18.4 Å². The van der Waals surface area contributed by atoms with Gasteiger partial charge in [-0.15, -0.1) is 0 Å². The maximum absolute atomic E-state index is 12.5. The molecule has 5 atom stereocenters. The molecule has 0 aromatic heterocycles. The Balaban J connectivity index is 2.29. The summed E-state index contributed by atoms with van der Waals surface area (Å²) in [6.07, 6.45) is -5.75. The van der Waals surface area contributed by atoms with E-state index in [0.29, 0.717) is 0 Å². The molecule has 2 unspecified atom stereocenters. The molecule has 1 aliphatic rings. The van der Waals surface area contributed by atoms with Crippen LogP contribution < -0.4 is 5.32 Å². The average molecular weight is 459 g/mol. The lowest BCUT2D eigenvalue weighted by Crippen LogP contribution is -2.66. The minimum absolute atomic E-state index is 0.105. The van der Waals surface area contributed by atoms with Gasteiger partial charge in [0.05, 0.1) is 11.5 Å². The molecular weight excluding hydrogens is 434 g/mol. The van der Waals surface area contributed by atoms with E-state index in [9.17, 15) is 27.9 Å². The first-order chi connectivity index (χ1) is 14.4. The third-order valence-electron chi connectivity index (χ3n) is 4.34. The Bertz CT molecular complexity index is 914. The first kappa shape index (κ1) is 24.7. The van der Waals surface area contributed by atoms with Crippen molar-refractivity contribution in [3.05, 3.63) is 29.8 Å². The smallest absolute Gasteiger partial charge is 0.303 e. The Labute approximate surface area is 179 Å². The highest BCUT2D eigenvalue weighted by molar-refractivity contribution is 7.86. The van der Waals surface area contributed by atoms with Gasteiger partial charge in [0.15, 0.2) is 18.5 Å². The number of benzene rings is 1. The fourth-order valence-electron chi connectivity index (χ4n) is 3.04. The first-order valence-corrected chi connectivity index (χ1v) is 10.7. The predicted octanol–water partition coefficient (Wildman–Crippen LogP) is -0.214. The third-order valence-corrected chi connectivity index (χ3v) is 5.63. The molecule has 31 heavy (non-hydrogen) atoms. The number of hydrogen-bond donors (Lipinski definition) is 2. The zero-order chi connectivity index (χ0) is 23.3. The zero-order valence-electron chi connectivity index (χ0n) is 17.4. The predicted molar refractivity (Wildman–Crippen MR) is 104 cm³/mol. The number of hydrogen-bond acceptors (Lipinski definition) is 10. The summed E-state index contributed by atoms with van der Waals surface area (Å²) in [5, 5.41) is 12.7. The van der Waals surface area contributed by atoms with E-state index in [1.54, 1.807) is 19.1 Å². The number of esters is 2. The molecule has 1 heterocycles. The Morgan fingerprint density at radius 3 is 2.10 bits per heavy atom. The fraction of sp³-hybridized carbons (Fsp3) is 0.526. The molecule has 0 saturated carbocycles. The van der Waals surface area contributed by atoms with Crippen molar-refractivity contribution in [3.8, 4) is 0 Å². The van der Waals surface area contributed by atoms with Gasteiger partial charge in [-0.3, -0.25) is 18.6 Å². The molecule has 1 aliphatic heterocycles. The molecular formula is C19H25NO10S. The van der Waals surface area contributed by atoms with Crippen molar-refractivity contribution in [1.29, 1.82) is 0 Å². The van der Waals surface area contributed by atoms with Crippen molar-refractivity contribution in [2.24, 2.45) is 0 Å². The zero-order valence-corrected chi connectivity index (χ0v) is 18.2. The number of aliphatic hydroxyl groups is 1. The number of rotatable bonds is 7. The molecule has 1 aromatic carbocycles. The van der Waals surface area contributed by atoms with E-state index >= 15 is 0 Å². The van der Waals surface area contributed by atoms with Gasteiger partial charge in [-0.05, 0) is 19.1 Å². The number of ether oxygens (including phenoxy) is 3. The minimum Gasteiger partial charge on any atom is -0.456 e. The van der Waals surface area contributed by atoms with Crippen LogP contribution in [0, 0.1) is 6.92 Å². The Kier molecular flexibility index (Phi) is 8.12. The van der Waals surface area contributed by atoms with Crippen molar-refractivity contribution < 1.29 is 46.3 Å². The normalized spacial score (nSPS) is 26.0.